The van der Waals surface area contributed by atoms with Crippen molar-refractivity contribution in [1.82, 2.24) is 5.32 Å². The smallest absolute Gasteiger partial charge is 0.342 e. The summed E-state index contributed by atoms with van der Waals surface area (Å²) in [6.45, 7) is 21.0. The van der Waals surface area contributed by atoms with Gasteiger partial charge in [-0.05, 0) is 97.2 Å². The number of benzene rings is 3. The normalized spacial score (nSPS) is 27.8. The lowest BCUT2D eigenvalue weighted by Crippen LogP contribution is -2.82. The first kappa shape index (κ1) is 61.9. The zero-order chi connectivity index (χ0) is 58.8. The van der Waals surface area contributed by atoms with E-state index < -0.39 is 129 Å². The number of ketones is 1. The lowest BCUT2D eigenvalue weighted by atomic mass is 9.44. The molecule has 1 aliphatic heterocycles. The van der Waals surface area contributed by atoms with Crippen LogP contribution in [0, 0.1) is 16.7 Å². The molecule has 1 amide bonds. The summed E-state index contributed by atoms with van der Waals surface area (Å²) in [5, 5.41) is 17.7. The van der Waals surface area contributed by atoms with E-state index in [0.717, 1.165) is 0 Å². The Morgan fingerprint density at radius 2 is 1.38 bits per heavy atom. The molecule has 1 saturated heterocycles. The first-order chi connectivity index (χ1) is 37.9. The summed E-state index contributed by atoms with van der Waals surface area (Å²) in [6.07, 6.45) is -8.88. The van der Waals surface area contributed by atoms with Gasteiger partial charge in [0, 0.05) is 37.7 Å². The molecule has 3 aliphatic carbocycles. The van der Waals surface area contributed by atoms with Crippen LogP contribution in [-0.4, -0.2) is 126 Å². The van der Waals surface area contributed by atoms with Crippen LogP contribution < -0.4 is 14.8 Å². The van der Waals surface area contributed by atoms with E-state index in [0.29, 0.717) is 47.4 Å². The summed E-state index contributed by atoms with van der Waals surface area (Å²) in [5.74, 6) is -5.68. The molecule has 3 aromatic carbocycles. The van der Waals surface area contributed by atoms with Gasteiger partial charge in [0.15, 0.2) is 40.2 Å². The predicted octanol–water partition coefficient (Wildman–Crippen LogP) is 9.81. The first-order valence-electron chi connectivity index (χ1n) is 28.3. The number of fused-ring (bicyclic) bond motifs is 5. The maximum absolute atomic E-state index is 16.8. The number of hydrogen-bond donors (Lipinski definition) is 2. The van der Waals surface area contributed by atoms with Crippen molar-refractivity contribution in [2.24, 2.45) is 16.7 Å². The molecule has 11 atom stereocenters. The molecule has 17 nitrogen and oxygen atoms in total. The number of methoxy groups -OCH3 is 2. The van der Waals surface area contributed by atoms with Crippen molar-refractivity contribution in [3.8, 4) is 11.5 Å². The molecule has 80 heavy (non-hydrogen) atoms. The minimum absolute atomic E-state index is 0.0564. The van der Waals surface area contributed by atoms with Crippen LogP contribution in [-0.2, 0) is 51.7 Å². The van der Waals surface area contributed by atoms with Crippen molar-refractivity contribution >= 4 is 52.2 Å². The molecule has 0 aromatic heterocycles. The van der Waals surface area contributed by atoms with Gasteiger partial charge in [0.05, 0.1) is 44.3 Å². The average molecular weight is 1140 g/mol. The number of carbonyl (C=O) groups is 6. The van der Waals surface area contributed by atoms with Gasteiger partial charge in [-0.25, -0.2) is 9.59 Å². The Morgan fingerprint density at radius 1 is 0.775 bits per heavy atom. The second-order valence-electron chi connectivity index (χ2n) is 22.7. The molecule has 4 aliphatic rings. The van der Waals surface area contributed by atoms with E-state index in [9.17, 15) is 19.5 Å². The number of ether oxygens (including phenoxy) is 7. The van der Waals surface area contributed by atoms with Gasteiger partial charge in [0.1, 0.15) is 41.0 Å². The summed E-state index contributed by atoms with van der Waals surface area (Å²) in [7, 11) is -2.67. The van der Waals surface area contributed by atoms with E-state index in [1.165, 1.54) is 40.2 Å². The zero-order valence-corrected chi connectivity index (χ0v) is 51.1. The number of hydrogen-bond acceptors (Lipinski definition) is 16. The lowest BCUT2D eigenvalue weighted by molar-refractivity contribution is -0.344. The van der Waals surface area contributed by atoms with Gasteiger partial charge in [-0.2, -0.15) is 0 Å². The van der Waals surface area contributed by atoms with Crippen molar-refractivity contribution in [1.29, 1.82) is 0 Å². The Bertz CT molecular complexity index is 2780. The van der Waals surface area contributed by atoms with Crippen LogP contribution in [0.5, 0.6) is 11.5 Å². The van der Waals surface area contributed by atoms with E-state index in [-0.39, 0.29) is 41.2 Å². The molecule has 2 saturated carbocycles. The maximum atomic E-state index is 16.8. The average Bonchev–Trinajstić information content (AvgIpc) is 3.48. The summed E-state index contributed by atoms with van der Waals surface area (Å²) in [5.41, 5.74) is -6.54. The Kier molecular flexibility index (Phi) is 18.9. The summed E-state index contributed by atoms with van der Waals surface area (Å²) >= 11 is 0. The molecule has 19 heteroatoms. The molecule has 0 spiro atoms. The van der Waals surface area contributed by atoms with Gasteiger partial charge < -0.3 is 52.4 Å². The fraction of sp³-hybridized carbons (Fsp3) is 0.574. The third-order valence-electron chi connectivity index (χ3n) is 18.7. The molecule has 0 unspecified atom stereocenters. The minimum Gasteiger partial charge on any atom is -0.497 e. The molecule has 7 rings (SSSR count). The van der Waals surface area contributed by atoms with Gasteiger partial charge in [-0.3, -0.25) is 19.2 Å². The number of nitrogens with one attached hydrogen (secondary N) is 1. The van der Waals surface area contributed by atoms with Crippen LogP contribution in [0.25, 0.3) is 0 Å². The molecule has 3 fully saturated rings. The largest absolute Gasteiger partial charge is 0.497 e. The van der Waals surface area contributed by atoms with Crippen molar-refractivity contribution in [2.75, 3.05) is 20.8 Å². The SMILES string of the molecule is CC[Si](CC)(CC)O[C@H]1C[C@H]2OC[C@@]2(OC(C)=O)[C@H]2[C@H](OC(=O)c3cc(OC)ccc3OC)[C@]3(O)C[C@H](OC(=O)[C@H](O[Si](CC)(CC)CC)[C@@H](NC(=O)c4ccccc4)c4ccccc4)C(C)=C([C@@H](OC(C)=O)C(=O)[C@]12C)C3(C)C. The fourth-order valence-electron chi connectivity index (χ4n) is 13.4. The van der Waals surface area contributed by atoms with Crippen LogP contribution in [0.1, 0.15) is 128 Å². The highest BCUT2D eigenvalue weighted by Gasteiger charge is 2.79. The highest BCUT2D eigenvalue weighted by Crippen LogP contribution is 2.65. The van der Waals surface area contributed by atoms with Crippen molar-refractivity contribution in [2.45, 2.75) is 186 Å². The minimum atomic E-state index is -2.79. The van der Waals surface area contributed by atoms with Crippen LogP contribution >= 0.6 is 0 Å². The van der Waals surface area contributed by atoms with Crippen molar-refractivity contribution < 1.29 is 75.9 Å². The van der Waals surface area contributed by atoms with Crippen molar-refractivity contribution in [3.05, 3.63) is 107 Å². The number of esters is 4. The molecule has 3 aromatic rings. The topological polar surface area (TPSA) is 218 Å². The van der Waals surface area contributed by atoms with Crippen LogP contribution in [0.3, 0.4) is 0 Å². The second kappa shape index (κ2) is 24.4. The zero-order valence-electron chi connectivity index (χ0n) is 49.1. The van der Waals surface area contributed by atoms with Crippen LogP contribution in [0.15, 0.2) is 90.0 Å². The predicted molar refractivity (Wildman–Crippen MR) is 303 cm³/mol. The number of carbonyl (C=O) groups excluding carboxylic acids is 6. The maximum Gasteiger partial charge on any atom is 0.342 e. The van der Waals surface area contributed by atoms with Crippen molar-refractivity contribution in [3.63, 3.8) is 0 Å². The standard InChI is InChI=1S/C61H83NO16Si2/c1-15-79(16-2,17-3)77-46-34-47-60(36-72-47,76-39(9)64)52-54(75-56(67)43-33-42(70-13)31-32-44(43)71-14)61(69)35-45(37(7)48(58(61,10)11)50(73-38(8)63)53(65)59(46,52)12)74-57(68)51(78-80(18-4,19-5)20-6)49(40-27-23-21-24-28-40)62-55(66)41-29-25-22-26-30-41/h21-33,45-47,49-52,54,69H,15-20,34-36H2,1-14H3,(H,62,66)/t45-,46-,47+,49-,50+,51+,52-,54-,59+,60-,61+/m0/s1. The molecule has 436 valence electrons. The van der Waals surface area contributed by atoms with Gasteiger partial charge in [-0.1, -0.05) is 104 Å². The highest BCUT2D eigenvalue weighted by atomic mass is 28.4. The summed E-state index contributed by atoms with van der Waals surface area (Å²) in [4.78, 5) is 89.7. The Morgan fingerprint density at radius 3 is 1.90 bits per heavy atom. The third-order valence-corrected chi connectivity index (χ3v) is 27.9. The Labute approximate surface area is 473 Å². The van der Waals surface area contributed by atoms with Gasteiger partial charge >= 0.3 is 23.9 Å². The Balaban J connectivity index is 1.52. The van der Waals surface area contributed by atoms with E-state index in [1.807, 2.05) is 47.6 Å². The van der Waals surface area contributed by atoms with E-state index in [1.54, 1.807) is 88.4 Å². The highest BCUT2D eigenvalue weighted by molar-refractivity contribution is 6.74. The van der Waals surface area contributed by atoms with E-state index in [4.69, 9.17) is 42.0 Å². The van der Waals surface area contributed by atoms with Crippen LogP contribution in [0.2, 0.25) is 36.3 Å². The third kappa shape index (κ3) is 11.1. The summed E-state index contributed by atoms with van der Waals surface area (Å²) in [6, 6.07) is 24.9. The van der Waals surface area contributed by atoms with E-state index in [2.05, 4.69) is 5.32 Å². The summed E-state index contributed by atoms with van der Waals surface area (Å²) < 4.78 is 58.7. The monoisotopic (exact) mass is 1140 g/mol. The van der Waals surface area contributed by atoms with Crippen LogP contribution in [0.4, 0.5) is 0 Å². The number of Topliss-reactive ketones (excluding diaryl/α,β-unsaturated/α-hetero) is 1. The quantitative estimate of drug-likeness (QED) is 0.0414. The number of amides is 1. The molecular formula is C61H83NO16Si2. The number of rotatable bonds is 22. The first-order valence-corrected chi connectivity index (χ1v) is 33.3. The second-order valence-corrected chi connectivity index (χ2v) is 32.2. The van der Waals surface area contributed by atoms with Gasteiger partial charge in [-0.15, -0.1) is 0 Å². The molecule has 2 N–H and O–H groups in total. The fourth-order valence-corrected chi connectivity index (χ4v) is 19.1. The Hall–Kier alpha value is -5.71. The molecule has 0 radical (unpaired) electrons. The number of aliphatic hydroxyl groups is 1. The molecule has 1 heterocycles. The molecule has 2 bridgehead atoms. The van der Waals surface area contributed by atoms with Gasteiger partial charge in [0.25, 0.3) is 5.91 Å². The van der Waals surface area contributed by atoms with E-state index >= 15 is 14.4 Å². The van der Waals surface area contributed by atoms with Gasteiger partial charge in [0.2, 0.25) is 0 Å². The molecular weight excluding hydrogens is 1060 g/mol. The lowest BCUT2D eigenvalue weighted by Gasteiger charge is -2.68.